The lowest BCUT2D eigenvalue weighted by atomic mass is 10.1. The van der Waals surface area contributed by atoms with E-state index in [4.69, 9.17) is 4.74 Å². The number of rotatable bonds is 6. The summed E-state index contributed by atoms with van der Waals surface area (Å²) in [6.45, 7) is 5.86. The van der Waals surface area contributed by atoms with E-state index < -0.39 is 17.8 Å². The number of methoxy groups -OCH3 is 1. The average Bonchev–Trinajstić information content (AvgIpc) is 2.53. The van der Waals surface area contributed by atoms with Gasteiger partial charge in [0.15, 0.2) is 5.69 Å². The fourth-order valence-electron chi connectivity index (χ4n) is 1.97. The van der Waals surface area contributed by atoms with Crippen LogP contribution in [0.1, 0.15) is 31.3 Å². The molecule has 2 aromatic heterocycles. The second-order valence-electron chi connectivity index (χ2n) is 5.88. The molecular weight excluding hydrogens is 330 g/mol. The molecule has 0 aliphatic carbocycles. The maximum absolute atomic E-state index is 13.2. The number of pyridine rings is 2. The van der Waals surface area contributed by atoms with Crippen molar-refractivity contribution in [2.24, 2.45) is 5.92 Å². The van der Waals surface area contributed by atoms with Gasteiger partial charge in [0.2, 0.25) is 11.9 Å². The molecule has 2 rings (SSSR count). The Morgan fingerprint density at radius 1 is 1.12 bits per heavy atom. The molecule has 0 spiro atoms. The highest BCUT2D eigenvalue weighted by Gasteiger charge is 2.18. The van der Waals surface area contributed by atoms with Crippen LogP contribution in [0.15, 0.2) is 24.3 Å². The zero-order valence-corrected chi connectivity index (χ0v) is 14.4. The Morgan fingerprint density at radius 2 is 1.76 bits per heavy atom. The molecule has 2 N–H and O–H groups in total. The molecule has 0 saturated carbocycles. The van der Waals surface area contributed by atoms with E-state index in [1.165, 1.54) is 13.2 Å². The summed E-state index contributed by atoms with van der Waals surface area (Å²) in [4.78, 5) is 19.7. The molecule has 0 aromatic carbocycles. The lowest BCUT2D eigenvalue weighted by Gasteiger charge is -2.18. The molecule has 1 atom stereocenters. The third-order valence-electron chi connectivity index (χ3n) is 3.69. The van der Waals surface area contributed by atoms with Crippen molar-refractivity contribution >= 4 is 17.4 Å². The van der Waals surface area contributed by atoms with Gasteiger partial charge in [-0.2, -0.15) is 13.8 Å². The number of nitrogens with one attached hydrogen (secondary N) is 2. The average molecular weight is 350 g/mol. The summed E-state index contributed by atoms with van der Waals surface area (Å²) in [6, 6.07) is 5.08. The highest BCUT2D eigenvalue weighted by Crippen LogP contribution is 2.22. The summed E-state index contributed by atoms with van der Waals surface area (Å²) >= 11 is 0. The lowest BCUT2D eigenvalue weighted by Crippen LogP contribution is -2.36. The SMILES string of the molecule is COc1ccc(Nc2cc(F)nc(F)c2)nc1C(=O)NC(C)C(C)C. The van der Waals surface area contributed by atoms with E-state index in [-0.39, 0.29) is 29.2 Å². The van der Waals surface area contributed by atoms with Gasteiger partial charge in [-0.1, -0.05) is 13.8 Å². The van der Waals surface area contributed by atoms with Gasteiger partial charge in [-0.3, -0.25) is 4.79 Å². The maximum atomic E-state index is 13.2. The minimum absolute atomic E-state index is 0.0565. The van der Waals surface area contributed by atoms with Gasteiger partial charge in [0.1, 0.15) is 11.6 Å². The molecule has 0 aliphatic heterocycles. The summed E-state index contributed by atoms with van der Waals surface area (Å²) in [7, 11) is 1.43. The Bertz CT molecular complexity index is 748. The van der Waals surface area contributed by atoms with Crippen LogP contribution < -0.4 is 15.4 Å². The van der Waals surface area contributed by atoms with E-state index in [9.17, 15) is 13.6 Å². The minimum atomic E-state index is -0.959. The normalized spacial score (nSPS) is 12.0. The van der Waals surface area contributed by atoms with Crippen molar-refractivity contribution in [2.45, 2.75) is 26.8 Å². The summed E-state index contributed by atoms with van der Waals surface area (Å²) in [5, 5.41) is 5.58. The van der Waals surface area contributed by atoms with Crippen molar-refractivity contribution in [3.63, 3.8) is 0 Å². The summed E-state index contributed by atoms with van der Waals surface area (Å²) in [5.41, 5.74) is 0.208. The summed E-state index contributed by atoms with van der Waals surface area (Å²) < 4.78 is 31.5. The Morgan fingerprint density at radius 3 is 2.32 bits per heavy atom. The van der Waals surface area contributed by atoms with E-state index in [1.54, 1.807) is 6.07 Å². The molecule has 6 nitrogen and oxygen atoms in total. The second kappa shape index (κ2) is 7.87. The number of nitrogens with zero attached hydrogens (tertiary/aromatic N) is 2. The number of hydrogen-bond donors (Lipinski definition) is 2. The van der Waals surface area contributed by atoms with Crippen LogP contribution in [0, 0.1) is 17.8 Å². The Balaban J connectivity index is 2.28. The molecule has 2 aromatic rings. The van der Waals surface area contributed by atoms with Gasteiger partial charge >= 0.3 is 0 Å². The number of carbonyl (C=O) groups is 1. The van der Waals surface area contributed by atoms with Crippen molar-refractivity contribution in [2.75, 3.05) is 12.4 Å². The van der Waals surface area contributed by atoms with Crippen LogP contribution >= 0.6 is 0 Å². The first kappa shape index (κ1) is 18.6. The monoisotopic (exact) mass is 350 g/mol. The van der Waals surface area contributed by atoms with Gasteiger partial charge in [-0.05, 0) is 25.0 Å². The van der Waals surface area contributed by atoms with Crippen LogP contribution in [0.5, 0.6) is 5.75 Å². The van der Waals surface area contributed by atoms with E-state index in [2.05, 4.69) is 20.6 Å². The standard InChI is InChI=1S/C17H20F2N4O2/c1-9(2)10(3)20-17(24)16-12(25-4)5-6-15(23-16)21-11-7-13(18)22-14(19)8-11/h5-10H,1-4H3,(H,20,24)(H,21,22,23). The third-order valence-corrected chi connectivity index (χ3v) is 3.69. The van der Waals surface area contributed by atoms with Crippen molar-refractivity contribution < 1.29 is 18.3 Å². The van der Waals surface area contributed by atoms with Crippen molar-refractivity contribution in [1.29, 1.82) is 0 Å². The van der Waals surface area contributed by atoms with Crippen molar-refractivity contribution in [3.05, 3.63) is 41.9 Å². The molecule has 1 unspecified atom stereocenters. The van der Waals surface area contributed by atoms with Crippen LogP contribution in [0.4, 0.5) is 20.3 Å². The number of amides is 1. The minimum Gasteiger partial charge on any atom is -0.494 e. The molecule has 0 radical (unpaired) electrons. The second-order valence-corrected chi connectivity index (χ2v) is 5.88. The summed E-state index contributed by atoms with van der Waals surface area (Å²) in [6.07, 6.45) is 0. The predicted molar refractivity (Wildman–Crippen MR) is 90.0 cm³/mol. The topological polar surface area (TPSA) is 76.1 Å². The molecule has 134 valence electrons. The van der Waals surface area contributed by atoms with Crippen molar-refractivity contribution in [1.82, 2.24) is 15.3 Å². The van der Waals surface area contributed by atoms with Crippen LogP contribution in [-0.4, -0.2) is 29.0 Å². The number of anilines is 2. The highest BCUT2D eigenvalue weighted by molar-refractivity contribution is 5.95. The molecule has 0 bridgehead atoms. The molecule has 2 heterocycles. The van der Waals surface area contributed by atoms with Gasteiger partial charge in [-0.25, -0.2) is 4.98 Å². The number of halogens is 2. The van der Waals surface area contributed by atoms with Gasteiger partial charge < -0.3 is 15.4 Å². The number of aromatic nitrogens is 2. The molecule has 0 fully saturated rings. The zero-order valence-electron chi connectivity index (χ0n) is 14.4. The Hall–Kier alpha value is -2.77. The van der Waals surface area contributed by atoms with Gasteiger partial charge in [-0.15, -0.1) is 0 Å². The fraction of sp³-hybridized carbons (Fsp3) is 0.353. The Kier molecular flexibility index (Phi) is 5.84. The number of hydrogen-bond acceptors (Lipinski definition) is 5. The van der Waals surface area contributed by atoms with Gasteiger partial charge in [0, 0.05) is 23.9 Å². The van der Waals surface area contributed by atoms with Gasteiger partial charge in [0.25, 0.3) is 5.91 Å². The van der Waals surface area contributed by atoms with Crippen molar-refractivity contribution in [3.8, 4) is 5.75 Å². The first-order valence-corrected chi connectivity index (χ1v) is 7.76. The predicted octanol–water partition coefficient (Wildman–Crippen LogP) is 3.28. The third kappa shape index (κ3) is 4.85. The van der Waals surface area contributed by atoms with Crippen LogP contribution in [-0.2, 0) is 0 Å². The summed E-state index contributed by atoms with van der Waals surface area (Å²) in [5.74, 6) is -1.52. The molecular formula is C17H20F2N4O2. The van der Waals surface area contributed by atoms with E-state index in [0.717, 1.165) is 12.1 Å². The smallest absolute Gasteiger partial charge is 0.274 e. The first-order chi connectivity index (χ1) is 11.8. The largest absolute Gasteiger partial charge is 0.494 e. The molecule has 8 heteroatoms. The van der Waals surface area contributed by atoms with E-state index >= 15 is 0 Å². The molecule has 0 aliphatic rings. The molecule has 1 amide bonds. The molecule has 0 saturated heterocycles. The lowest BCUT2D eigenvalue weighted by molar-refractivity contribution is 0.0922. The fourth-order valence-corrected chi connectivity index (χ4v) is 1.97. The number of ether oxygens (including phenoxy) is 1. The van der Waals surface area contributed by atoms with E-state index in [0.29, 0.717) is 5.75 Å². The first-order valence-electron chi connectivity index (χ1n) is 7.76. The van der Waals surface area contributed by atoms with Crippen LogP contribution in [0.3, 0.4) is 0 Å². The number of carbonyl (C=O) groups excluding carboxylic acids is 1. The van der Waals surface area contributed by atoms with Crippen LogP contribution in [0.25, 0.3) is 0 Å². The van der Waals surface area contributed by atoms with Gasteiger partial charge in [0.05, 0.1) is 7.11 Å². The molecule has 25 heavy (non-hydrogen) atoms. The highest BCUT2D eigenvalue weighted by atomic mass is 19.1. The zero-order chi connectivity index (χ0) is 18.6. The van der Waals surface area contributed by atoms with Crippen LogP contribution in [0.2, 0.25) is 0 Å². The van der Waals surface area contributed by atoms with E-state index in [1.807, 2.05) is 20.8 Å². The Labute approximate surface area is 144 Å². The quantitative estimate of drug-likeness (QED) is 0.782. The maximum Gasteiger partial charge on any atom is 0.274 e.